The number of carbonyl (C=O) groups excluding carboxylic acids is 2. The molecule has 4 N–H and O–H groups in total. The number of nitrogens with one attached hydrogen (secondary N) is 2. The maximum atomic E-state index is 12.2. The van der Waals surface area contributed by atoms with E-state index in [4.69, 9.17) is 5.73 Å². The molecule has 0 heterocycles. The molecule has 2 amide bonds. The third kappa shape index (κ3) is 5.52. The van der Waals surface area contributed by atoms with Gasteiger partial charge in [0, 0.05) is 24.2 Å². The standard InChI is InChI=1S/C17H25N3O2.ClH/c1-17(18)10-6-5-9-14(17)16(22)20-12-11-19-15(21)13-7-3-2-4-8-13;/h2-4,7-8,14H,5-6,9-12,18H2,1H3,(H,19,21)(H,20,22);1H. The van der Waals surface area contributed by atoms with Crippen molar-refractivity contribution in [3.05, 3.63) is 35.9 Å². The Kier molecular flexibility index (Phi) is 7.52. The van der Waals surface area contributed by atoms with Gasteiger partial charge in [0.2, 0.25) is 5.91 Å². The van der Waals surface area contributed by atoms with Gasteiger partial charge in [0.25, 0.3) is 5.91 Å². The van der Waals surface area contributed by atoms with Crippen molar-refractivity contribution in [3.8, 4) is 0 Å². The van der Waals surface area contributed by atoms with Gasteiger partial charge < -0.3 is 16.4 Å². The molecular formula is C17H26ClN3O2. The lowest BCUT2D eigenvalue weighted by molar-refractivity contribution is -0.128. The Hall–Kier alpha value is -1.59. The molecule has 1 fully saturated rings. The van der Waals surface area contributed by atoms with Crippen molar-refractivity contribution in [2.45, 2.75) is 38.1 Å². The minimum atomic E-state index is -0.421. The van der Waals surface area contributed by atoms with Crippen LogP contribution in [0, 0.1) is 5.92 Å². The van der Waals surface area contributed by atoms with E-state index in [1.165, 1.54) is 0 Å². The Balaban J connectivity index is 0.00000264. The summed E-state index contributed by atoms with van der Waals surface area (Å²) in [5.41, 5.74) is 6.42. The average Bonchev–Trinajstić information content (AvgIpc) is 2.51. The SMILES string of the molecule is CC1(N)CCCCC1C(=O)NCCNC(=O)c1ccccc1.Cl. The van der Waals surface area contributed by atoms with Gasteiger partial charge in [-0.05, 0) is 31.9 Å². The summed E-state index contributed by atoms with van der Waals surface area (Å²) in [6.45, 7) is 2.78. The Morgan fingerprint density at radius 2 is 1.83 bits per heavy atom. The van der Waals surface area contributed by atoms with E-state index in [2.05, 4.69) is 10.6 Å². The van der Waals surface area contributed by atoms with Crippen LogP contribution in [0.1, 0.15) is 43.0 Å². The van der Waals surface area contributed by atoms with Crippen LogP contribution in [0.25, 0.3) is 0 Å². The van der Waals surface area contributed by atoms with Crippen molar-refractivity contribution >= 4 is 24.2 Å². The van der Waals surface area contributed by atoms with Crippen LogP contribution in [0.4, 0.5) is 0 Å². The molecule has 2 rings (SSSR count). The van der Waals surface area contributed by atoms with Crippen molar-refractivity contribution in [1.29, 1.82) is 0 Å². The van der Waals surface area contributed by atoms with Crippen LogP contribution in [-0.2, 0) is 4.79 Å². The zero-order valence-electron chi connectivity index (χ0n) is 13.5. The lowest BCUT2D eigenvalue weighted by Gasteiger charge is -2.37. The quantitative estimate of drug-likeness (QED) is 0.716. The third-order valence-electron chi connectivity index (χ3n) is 4.32. The Morgan fingerprint density at radius 3 is 2.48 bits per heavy atom. The van der Waals surface area contributed by atoms with E-state index >= 15 is 0 Å². The van der Waals surface area contributed by atoms with Gasteiger partial charge in [-0.1, -0.05) is 31.0 Å². The number of benzene rings is 1. The highest BCUT2D eigenvalue weighted by Crippen LogP contribution is 2.31. The fourth-order valence-corrected chi connectivity index (χ4v) is 2.97. The molecule has 0 bridgehead atoms. The summed E-state index contributed by atoms with van der Waals surface area (Å²) in [4.78, 5) is 24.1. The second-order valence-corrected chi connectivity index (χ2v) is 6.22. The van der Waals surface area contributed by atoms with E-state index in [9.17, 15) is 9.59 Å². The van der Waals surface area contributed by atoms with Gasteiger partial charge in [0.1, 0.15) is 0 Å². The van der Waals surface area contributed by atoms with Gasteiger partial charge in [0.15, 0.2) is 0 Å². The van der Waals surface area contributed by atoms with Crippen molar-refractivity contribution < 1.29 is 9.59 Å². The van der Waals surface area contributed by atoms with Crippen molar-refractivity contribution in [3.63, 3.8) is 0 Å². The van der Waals surface area contributed by atoms with Crippen LogP contribution in [0.3, 0.4) is 0 Å². The van der Waals surface area contributed by atoms with E-state index in [0.717, 1.165) is 25.7 Å². The highest BCUT2D eigenvalue weighted by atomic mass is 35.5. The molecule has 23 heavy (non-hydrogen) atoms. The van der Waals surface area contributed by atoms with Crippen LogP contribution in [-0.4, -0.2) is 30.4 Å². The molecule has 0 aliphatic heterocycles. The monoisotopic (exact) mass is 339 g/mol. The first-order chi connectivity index (χ1) is 10.5. The number of amides is 2. The minimum Gasteiger partial charge on any atom is -0.354 e. The number of carbonyl (C=O) groups is 2. The summed E-state index contributed by atoms with van der Waals surface area (Å²) in [6.07, 6.45) is 3.87. The molecule has 5 nitrogen and oxygen atoms in total. The van der Waals surface area contributed by atoms with Crippen LogP contribution in [0.15, 0.2) is 30.3 Å². The number of hydrogen-bond acceptors (Lipinski definition) is 3. The molecule has 128 valence electrons. The maximum Gasteiger partial charge on any atom is 0.251 e. The van der Waals surface area contributed by atoms with E-state index in [1.54, 1.807) is 12.1 Å². The molecule has 1 saturated carbocycles. The number of halogens is 1. The van der Waals surface area contributed by atoms with E-state index in [0.29, 0.717) is 18.7 Å². The average molecular weight is 340 g/mol. The molecule has 2 unspecified atom stereocenters. The maximum absolute atomic E-state index is 12.2. The first-order valence-corrected chi connectivity index (χ1v) is 7.90. The summed E-state index contributed by atoms with van der Waals surface area (Å²) >= 11 is 0. The molecule has 1 aliphatic carbocycles. The summed E-state index contributed by atoms with van der Waals surface area (Å²) in [5, 5.41) is 5.67. The van der Waals surface area contributed by atoms with Gasteiger partial charge in [-0.3, -0.25) is 9.59 Å². The second kappa shape index (κ2) is 8.89. The van der Waals surface area contributed by atoms with Crippen LogP contribution < -0.4 is 16.4 Å². The third-order valence-corrected chi connectivity index (χ3v) is 4.32. The molecule has 0 aromatic heterocycles. The van der Waals surface area contributed by atoms with Gasteiger partial charge in [-0.25, -0.2) is 0 Å². The fourth-order valence-electron chi connectivity index (χ4n) is 2.97. The first-order valence-electron chi connectivity index (χ1n) is 7.90. The predicted octanol–water partition coefficient (Wildman–Crippen LogP) is 1.86. The van der Waals surface area contributed by atoms with Crippen LogP contribution >= 0.6 is 12.4 Å². The topological polar surface area (TPSA) is 84.2 Å². The Morgan fingerprint density at radius 1 is 1.17 bits per heavy atom. The molecule has 1 aromatic carbocycles. The summed E-state index contributed by atoms with van der Waals surface area (Å²) < 4.78 is 0. The largest absolute Gasteiger partial charge is 0.354 e. The Labute approximate surface area is 143 Å². The van der Waals surface area contributed by atoms with E-state index in [1.807, 2.05) is 25.1 Å². The number of rotatable bonds is 5. The van der Waals surface area contributed by atoms with Gasteiger partial charge >= 0.3 is 0 Å². The van der Waals surface area contributed by atoms with E-state index in [-0.39, 0.29) is 30.1 Å². The molecule has 0 radical (unpaired) electrons. The molecule has 1 aromatic rings. The zero-order valence-corrected chi connectivity index (χ0v) is 14.3. The highest BCUT2D eigenvalue weighted by molar-refractivity contribution is 5.94. The van der Waals surface area contributed by atoms with E-state index < -0.39 is 5.54 Å². The van der Waals surface area contributed by atoms with Crippen molar-refractivity contribution in [2.75, 3.05) is 13.1 Å². The van der Waals surface area contributed by atoms with Crippen LogP contribution in [0.5, 0.6) is 0 Å². The van der Waals surface area contributed by atoms with Gasteiger partial charge in [-0.15, -0.1) is 12.4 Å². The van der Waals surface area contributed by atoms with Crippen molar-refractivity contribution in [1.82, 2.24) is 10.6 Å². The normalized spacial score (nSPS) is 23.5. The summed E-state index contributed by atoms with van der Waals surface area (Å²) in [5.74, 6) is -0.263. The molecule has 6 heteroatoms. The molecule has 2 atom stereocenters. The summed E-state index contributed by atoms with van der Waals surface area (Å²) in [6, 6.07) is 9.03. The van der Waals surface area contributed by atoms with Crippen LogP contribution in [0.2, 0.25) is 0 Å². The predicted molar refractivity (Wildman–Crippen MR) is 93.6 cm³/mol. The zero-order chi connectivity index (χ0) is 16.0. The fraction of sp³-hybridized carbons (Fsp3) is 0.529. The number of hydrogen-bond donors (Lipinski definition) is 3. The molecular weight excluding hydrogens is 314 g/mol. The lowest BCUT2D eigenvalue weighted by atomic mass is 9.74. The molecule has 1 aliphatic rings. The minimum absolute atomic E-state index is 0. The number of nitrogens with two attached hydrogens (primary N) is 1. The first kappa shape index (κ1) is 19.5. The summed E-state index contributed by atoms with van der Waals surface area (Å²) in [7, 11) is 0. The van der Waals surface area contributed by atoms with Gasteiger partial charge in [-0.2, -0.15) is 0 Å². The lowest BCUT2D eigenvalue weighted by Crippen LogP contribution is -2.53. The van der Waals surface area contributed by atoms with Gasteiger partial charge in [0.05, 0.1) is 5.92 Å². The molecule has 0 saturated heterocycles. The highest BCUT2D eigenvalue weighted by Gasteiger charge is 2.37. The van der Waals surface area contributed by atoms with Crippen molar-refractivity contribution in [2.24, 2.45) is 11.7 Å². The Bertz CT molecular complexity index is 520. The second-order valence-electron chi connectivity index (χ2n) is 6.22. The molecule has 0 spiro atoms. The smallest absolute Gasteiger partial charge is 0.251 e.